The van der Waals surface area contributed by atoms with Crippen molar-refractivity contribution < 1.29 is 9.50 Å². The van der Waals surface area contributed by atoms with Crippen molar-refractivity contribution in [3.05, 3.63) is 102 Å². The number of nitrogens with zero attached hydrogens (tertiary/aromatic N) is 4. The summed E-state index contributed by atoms with van der Waals surface area (Å²) in [6.45, 7) is 0. The fourth-order valence-corrected chi connectivity index (χ4v) is 2.68. The van der Waals surface area contributed by atoms with Gasteiger partial charge in [0.2, 0.25) is 0 Å². The van der Waals surface area contributed by atoms with Crippen LogP contribution in [0.4, 0.5) is 10.3 Å². The zero-order chi connectivity index (χ0) is 20.1. The molecule has 142 valence electrons. The Labute approximate surface area is 167 Å². The molecule has 0 spiro atoms. The van der Waals surface area contributed by atoms with Crippen LogP contribution in [0.3, 0.4) is 0 Å². The van der Waals surface area contributed by atoms with Crippen LogP contribution in [-0.4, -0.2) is 27.2 Å². The Morgan fingerprint density at radius 1 is 0.862 bits per heavy atom. The maximum atomic E-state index is 13.1. The van der Waals surface area contributed by atoms with Gasteiger partial charge in [0, 0.05) is 17.3 Å². The number of aromatic hydroxyl groups is 1. The minimum absolute atomic E-state index is 0.132. The summed E-state index contributed by atoms with van der Waals surface area (Å²) in [5, 5.41) is 14.4. The molecular weight excluding hydrogens is 367 g/mol. The Hall–Kier alpha value is -4.06. The Morgan fingerprint density at radius 3 is 2.34 bits per heavy atom. The number of hydrogen-bond acceptors (Lipinski definition) is 4. The van der Waals surface area contributed by atoms with E-state index in [-0.39, 0.29) is 11.6 Å². The van der Waals surface area contributed by atoms with Crippen LogP contribution in [0, 0.1) is 5.82 Å². The largest absolute Gasteiger partial charge is 0.507 e. The van der Waals surface area contributed by atoms with Crippen LogP contribution in [-0.2, 0) is 0 Å². The molecule has 6 heteroatoms. The molecule has 0 saturated heterocycles. The van der Waals surface area contributed by atoms with Gasteiger partial charge in [-0.25, -0.2) is 19.0 Å². The first-order valence-corrected chi connectivity index (χ1v) is 8.96. The van der Waals surface area contributed by atoms with Crippen molar-refractivity contribution in [2.75, 3.05) is 0 Å². The molecule has 4 aromatic rings. The molecule has 0 amide bonds. The summed E-state index contributed by atoms with van der Waals surface area (Å²) in [5.41, 5.74) is 2.97. The van der Waals surface area contributed by atoms with Crippen LogP contribution in [0.15, 0.2) is 95.2 Å². The predicted octanol–water partition coefficient (Wildman–Crippen LogP) is 5.03. The number of phenolic OH excluding ortho intramolecular Hbond substituents is 1. The van der Waals surface area contributed by atoms with E-state index in [1.54, 1.807) is 47.4 Å². The maximum absolute atomic E-state index is 13.1. The van der Waals surface area contributed by atoms with Gasteiger partial charge in [0.1, 0.15) is 11.6 Å². The normalized spacial score (nSPS) is 11.5. The Balaban J connectivity index is 1.71. The highest BCUT2D eigenvalue weighted by Crippen LogP contribution is 2.23. The first-order chi connectivity index (χ1) is 14.2. The summed E-state index contributed by atoms with van der Waals surface area (Å²) in [6, 6.07) is 22.6. The molecule has 0 aliphatic heterocycles. The molecule has 0 aliphatic carbocycles. The molecule has 29 heavy (non-hydrogen) atoms. The summed E-state index contributed by atoms with van der Waals surface area (Å²) in [7, 11) is 0. The molecule has 1 aromatic heterocycles. The van der Waals surface area contributed by atoms with E-state index >= 15 is 0 Å². The number of benzene rings is 3. The van der Waals surface area contributed by atoms with Gasteiger partial charge in [-0.2, -0.15) is 5.10 Å². The van der Waals surface area contributed by atoms with Gasteiger partial charge >= 0.3 is 0 Å². The fourth-order valence-electron chi connectivity index (χ4n) is 2.68. The lowest BCUT2D eigenvalue weighted by atomic mass is 10.2. The van der Waals surface area contributed by atoms with Crippen molar-refractivity contribution in [1.29, 1.82) is 0 Å². The lowest BCUT2D eigenvalue weighted by Crippen LogP contribution is -1.90. The van der Waals surface area contributed by atoms with E-state index in [4.69, 9.17) is 0 Å². The van der Waals surface area contributed by atoms with E-state index < -0.39 is 0 Å². The summed E-state index contributed by atoms with van der Waals surface area (Å²) in [4.78, 5) is 8.96. The highest BCUT2D eigenvalue weighted by Gasteiger charge is 2.08. The number of phenols is 1. The molecule has 0 saturated carbocycles. The van der Waals surface area contributed by atoms with Gasteiger partial charge in [0.15, 0.2) is 0 Å². The zero-order valence-electron chi connectivity index (χ0n) is 15.4. The van der Waals surface area contributed by atoms with Crippen LogP contribution in [0.2, 0.25) is 0 Å². The van der Waals surface area contributed by atoms with Gasteiger partial charge in [-0.1, -0.05) is 54.6 Å². The molecule has 0 fully saturated rings. The van der Waals surface area contributed by atoms with E-state index in [0.29, 0.717) is 17.2 Å². The molecule has 0 radical (unpaired) electrons. The first-order valence-electron chi connectivity index (χ1n) is 8.96. The fraction of sp³-hybridized carbons (Fsp3) is 0. The van der Waals surface area contributed by atoms with Gasteiger partial charge in [-0.15, -0.1) is 0 Å². The molecule has 5 nitrogen and oxygen atoms in total. The first kappa shape index (κ1) is 18.3. The molecule has 1 N–H and O–H groups in total. The van der Waals surface area contributed by atoms with E-state index in [2.05, 4.69) is 15.1 Å². The number of para-hydroxylation sites is 1. The summed E-state index contributed by atoms with van der Waals surface area (Å²) in [5.74, 6) is 0.182. The SMILES string of the molecule is Oc1ccccc1/C=N/c1nc(-c2ccccc2)cn1/N=C\c1ccc(F)cc1. The Kier molecular flexibility index (Phi) is 5.25. The number of imidazole rings is 1. The minimum Gasteiger partial charge on any atom is -0.507 e. The lowest BCUT2D eigenvalue weighted by molar-refractivity contribution is 0.474. The number of halogens is 1. The van der Waals surface area contributed by atoms with E-state index in [1.165, 1.54) is 18.3 Å². The predicted molar refractivity (Wildman–Crippen MR) is 112 cm³/mol. The lowest BCUT2D eigenvalue weighted by Gasteiger charge is -1.98. The Bertz CT molecular complexity index is 1170. The van der Waals surface area contributed by atoms with Gasteiger partial charge in [-0.05, 0) is 29.8 Å². The number of rotatable bonds is 5. The Morgan fingerprint density at radius 2 is 1.59 bits per heavy atom. The van der Waals surface area contributed by atoms with E-state index in [1.807, 2.05) is 36.4 Å². The van der Waals surface area contributed by atoms with Crippen molar-refractivity contribution in [3.8, 4) is 17.0 Å². The molecular formula is C23H17FN4O. The second-order valence-electron chi connectivity index (χ2n) is 6.25. The summed E-state index contributed by atoms with van der Waals surface area (Å²) < 4.78 is 14.6. The molecule has 3 aromatic carbocycles. The van der Waals surface area contributed by atoms with Crippen molar-refractivity contribution in [2.24, 2.45) is 10.1 Å². The average Bonchev–Trinajstić information content (AvgIpc) is 3.16. The third kappa shape index (κ3) is 4.44. The number of hydrogen-bond donors (Lipinski definition) is 1. The third-order valence-electron chi connectivity index (χ3n) is 4.20. The van der Waals surface area contributed by atoms with Crippen LogP contribution in [0.5, 0.6) is 5.75 Å². The van der Waals surface area contributed by atoms with Gasteiger partial charge in [0.05, 0.1) is 18.1 Å². The third-order valence-corrected chi connectivity index (χ3v) is 4.20. The topological polar surface area (TPSA) is 62.8 Å². The molecule has 0 bridgehead atoms. The van der Waals surface area contributed by atoms with Crippen LogP contribution < -0.4 is 0 Å². The molecule has 1 heterocycles. The highest BCUT2D eigenvalue weighted by atomic mass is 19.1. The molecule has 4 rings (SSSR count). The van der Waals surface area contributed by atoms with Crippen molar-refractivity contribution in [3.63, 3.8) is 0 Å². The summed E-state index contributed by atoms with van der Waals surface area (Å²) >= 11 is 0. The minimum atomic E-state index is -0.302. The van der Waals surface area contributed by atoms with Crippen molar-refractivity contribution in [2.45, 2.75) is 0 Å². The van der Waals surface area contributed by atoms with Crippen LogP contribution in [0.25, 0.3) is 11.3 Å². The average molecular weight is 384 g/mol. The van der Waals surface area contributed by atoms with Crippen molar-refractivity contribution >= 4 is 18.4 Å². The second-order valence-corrected chi connectivity index (χ2v) is 6.25. The highest BCUT2D eigenvalue weighted by molar-refractivity contribution is 5.85. The number of aliphatic imine (C=N–C) groups is 1. The van der Waals surface area contributed by atoms with Crippen molar-refractivity contribution in [1.82, 2.24) is 9.66 Å². The maximum Gasteiger partial charge on any atom is 0.251 e. The van der Waals surface area contributed by atoms with Gasteiger partial charge in [0.25, 0.3) is 5.95 Å². The van der Waals surface area contributed by atoms with Gasteiger partial charge < -0.3 is 5.11 Å². The van der Waals surface area contributed by atoms with Crippen LogP contribution >= 0.6 is 0 Å². The van der Waals surface area contributed by atoms with E-state index in [9.17, 15) is 9.50 Å². The molecule has 0 aliphatic rings. The quantitative estimate of drug-likeness (QED) is 0.491. The second kappa shape index (κ2) is 8.31. The monoisotopic (exact) mass is 384 g/mol. The summed E-state index contributed by atoms with van der Waals surface area (Å²) in [6.07, 6.45) is 4.91. The molecule has 0 unspecified atom stereocenters. The zero-order valence-corrected chi connectivity index (χ0v) is 15.4. The van der Waals surface area contributed by atoms with Crippen LogP contribution in [0.1, 0.15) is 11.1 Å². The van der Waals surface area contributed by atoms with E-state index in [0.717, 1.165) is 11.1 Å². The number of aromatic nitrogens is 2. The smallest absolute Gasteiger partial charge is 0.251 e. The molecule has 0 atom stereocenters. The van der Waals surface area contributed by atoms with Gasteiger partial charge in [-0.3, -0.25) is 0 Å². The standard InChI is InChI=1S/C23H17FN4O/c24-20-12-10-17(11-13-20)14-26-28-16-21(18-6-2-1-3-7-18)27-23(28)25-15-19-8-4-5-9-22(19)29/h1-16,29H/b25-15+,26-14-.